The molecule has 1 aromatic rings. The van der Waals surface area contributed by atoms with Crippen molar-refractivity contribution < 1.29 is 19.1 Å². The molecule has 0 saturated heterocycles. The Labute approximate surface area is 153 Å². The quantitative estimate of drug-likeness (QED) is 0.807. The van der Waals surface area contributed by atoms with Gasteiger partial charge < -0.3 is 19.7 Å². The third-order valence-corrected chi connectivity index (χ3v) is 4.96. The van der Waals surface area contributed by atoms with E-state index in [2.05, 4.69) is 10.3 Å². The number of carbonyl (C=O) groups excluding carboxylic acids is 2. The van der Waals surface area contributed by atoms with Crippen molar-refractivity contribution in [3.05, 3.63) is 29.5 Å². The molecule has 1 aromatic heterocycles. The summed E-state index contributed by atoms with van der Waals surface area (Å²) >= 11 is 0. The molecule has 1 saturated carbocycles. The molecule has 1 aliphatic heterocycles. The summed E-state index contributed by atoms with van der Waals surface area (Å²) in [5.41, 5.74) is 2.38. The van der Waals surface area contributed by atoms with Gasteiger partial charge in [-0.1, -0.05) is 6.42 Å². The van der Waals surface area contributed by atoms with Crippen molar-refractivity contribution in [3.8, 4) is 5.88 Å². The molecule has 1 fully saturated rings. The highest BCUT2D eigenvalue weighted by Crippen LogP contribution is 2.37. The maximum atomic E-state index is 12.9. The van der Waals surface area contributed by atoms with E-state index in [1.165, 1.54) is 7.11 Å². The van der Waals surface area contributed by atoms with Gasteiger partial charge in [-0.2, -0.15) is 0 Å². The molecule has 1 unspecified atom stereocenters. The second-order valence-electron chi connectivity index (χ2n) is 6.57. The zero-order valence-electron chi connectivity index (χ0n) is 15.3. The van der Waals surface area contributed by atoms with Gasteiger partial charge >= 0.3 is 0 Å². The molecule has 0 bridgehead atoms. The van der Waals surface area contributed by atoms with Crippen molar-refractivity contribution in [1.82, 2.24) is 9.88 Å². The van der Waals surface area contributed by atoms with Crippen LogP contribution in [0.1, 0.15) is 32.1 Å². The number of aromatic nitrogens is 1. The van der Waals surface area contributed by atoms with Crippen molar-refractivity contribution in [2.24, 2.45) is 0 Å². The Morgan fingerprint density at radius 1 is 1.35 bits per heavy atom. The summed E-state index contributed by atoms with van der Waals surface area (Å²) in [5, 5.41) is 2.81. The highest BCUT2D eigenvalue weighted by Gasteiger charge is 2.40. The normalized spacial score (nSPS) is 19.5. The maximum absolute atomic E-state index is 12.9. The summed E-state index contributed by atoms with van der Waals surface area (Å²) in [6.45, 7) is 1.07. The van der Waals surface area contributed by atoms with E-state index in [4.69, 9.17) is 9.47 Å². The highest BCUT2D eigenvalue weighted by atomic mass is 16.5. The molecule has 3 rings (SSSR count). The van der Waals surface area contributed by atoms with Gasteiger partial charge in [0, 0.05) is 25.3 Å². The topological polar surface area (TPSA) is 80.8 Å². The van der Waals surface area contributed by atoms with E-state index in [0.717, 1.165) is 31.3 Å². The van der Waals surface area contributed by atoms with Gasteiger partial charge in [0.1, 0.15) is 0 Å². The van der Waals surface area contributed by atoms with Gasteiger partial charge in [0.15, 0.2) is 0 Å². The van der Waals surface area contributed by atoms with Crippen LogP contribution in [0, 0.1) is 0 Å². The largest absolute Gasteiger partial charge is 0.481 e. The molecule has 140 valence electrons. The zero-order valence-corrected chi connectivity index (χ0v) is 15.3. The van der Waals surface area contributed by atoms with Gasteiger partial charge in [-0.3, -0.25) is 9.59 Å². The molecule has 26 heavy (non-hydrogen) atoms. The zero-order chi connectivity index (χ0) is 18.5. The number of pyridine rings is 1. The first-order valence-electron chi connectivity index (χ1n) is 8.95. The standard InChI is InChI=1S/C19H25N3O4/c1-25-10-9-22-16-6-4-3-5-14(16)15(19(22)24)11-17(23)21-13-7-8-18(26-2)20-12-13/h7-8,12,16H,3-6,9-11H2,1-2H3,(H,21,23). The van der Waals surface area contributed by atoms with Crippen LogP contribution in [0.2, 0.25) is 0 Å². The van der Waals surface area contributed by atoms with E-state index < -0.39 is 0 Å². The van der Waals surface area contributed by atoms with E-state index in [-0.39, 0.29) is 24.3 Å². The van der Waals surface area contributed by atoms with Gasteiger partial charge in [-0.15, -0.1) is 0 Å². The lowest BCUT2D eigenvalue weighted by molar-refractivity contribution is -0.129. The lowest BCUT2D eigenvalue weighted by atomic mass is 9.88. The number of carbonyl (C=O) groups is 2. The smallest absolute Gasteiger partial charge is 0.250 e. The second-order valence-corrected chi connectivity index (χ2v) is 6.57. The van der Waals surface area contributed by atoms with Gasteiger partial charge in [0.05, 0.1) is 38.1 Å². The molecular weight excluding hydrogens is 334 g/mol. The van der Waals surface area contributed by atoms with E-state index >= 15 is 0 Å². The first-order valence-corrected chi connectivity index (χ1v) is 8.95. The maximum Gasteiger partial charge on any atom is 0.250 e. The molecule has 1 aliphatic carbocycles. The number of fused-ring (bicyclic) bond motifs is 1. The van der Waals surface area contributed by atoms with E-state index in [9.17, 15) is 9.59 Å². The molecule has 1 atom stereocenters. The van der Waals surface area contributed by atoms with Crippen LogP contribution in [0.5, 0.6) is 5.88 Å². The Morgan fingerprint density at radius 3 is 2.88 bits per heavy atom. The van der Waals surface area contributed by atoms with Crippen molar-refractivity contribution >= 4 is 17.5 Å². The molecular formula is C19H25N3O4. The van der Waals surface area contributed by atoms with Gasteiger partial charge in [-0.25, -0.2) is 4.98 Å². The van der Waals surface area contributed by atoms with Crippen LogP contribution < -0.4 is 10.1 Å². The highest BCUT2D eigenvalue weighted by molar-refractivity contribution is 6.04. The van der Waals surface area contributed by atoms with Crippen LogP contribution in [0.4, 0.5) is 5.69 Å². The number of amides is 2. The summed E-state index contributed by atoms with van der Waals surface area (Å²) in [4.78, 5) is 31.3. The summed E-state index contributed by atoms with van der Waals surface area (Å²) in [7, 11) is 3.17. The minimum atomic E-state index is -0.203. The fourth-order valence-electron chi connectivity index (χ4n) is 3.72. The summed E-state index contributed by atoms with van der Waals surface area (Å²) in [6, 6.07) is 3.55. The molecule has 2 amide bonds. The van der Waals surface area contributed by atoms with Crippen molar-refractivity contribution in [2.45, 2.75) is 38.1 Å². The van der Waals surface area contributed by atoms with Gasteiger partial charge in [-0.05, 0) is 30.9 Å². The Bertz CT molecular complexity index is 699. The van der Waals surface area contributed by atoms with Crippen LogP contribution in [0.25, 0.3) is 0 Å². The number of rotatable bonds is 7. The molecule has 2 aliphatic rings. The summed E-state index contributed by atoms with van der Waals surface area (Å²) in [5.74, 6) is 0.260. The van der Waals surface area contributed by atoms with E-state index in [0.29, 0.717) is 30.3 Å². The molecule has 2 heterocycles. The number of methoxy groups -OCH3 is 2. The Kier molecular flexibility index (Phi) is 5.88. The van der Waals surface area contributed by atoms with Crippen LogP contribution in [-0.4, -0.2) is 55.1 Å². The minimum absolute atomic E-state index is 0.0213. The number of nitrogens with zero attached hydrogens (tertiary/aromatic N) is 2. The monoisotopic (exact) mass is 359 g/mol. The van der Waals surface area contributed by atoms with Crippen LogP contribution in [0.3, 0.4) is 0 Å². The lowest BCUT2D eigenvalue weighted by Gasteiger charge is -2.29. The van der Waals surface area contributed by atoms with Crippen LogP contribution in [-0.2, 0) is 14.3 Å². The second kappa shape index (κ2) is 8.31. The van der Waals surface area contributed by atoms with E-state index in [1.807, 2.05) is 4.90 Å². The fourth-order valence-corrected chi connectivity index (χ4v) is 3.72. The predicted molar refractivity (Wildman–Crippen MR) is 96.9 cm³/mol. The van der Waals surface area contributed by atoms with Crippen LogP contribution >= 0.6 is 0 Å². The molecule has 7 nitrogen and oxygen atoms in total. The third-order valence-electron chi connectivity index (χ3n) is 4.96. The van der Waals surface area contributed by atoms with Crippen molar-refractivity contribution in [2.75, 3.05) is 32.7 Å². The Morgan fingerprint density at radius 2 is 2.19 bits per heavy atom. The fraction of sp³-hybridized carbons (Fsp3) is 0.526. The first kappa shape index (κ1) is 18.4. The van der Waals surface area contributed by atoms with Gasteiger partial charge in [0.2, 0.25) is 11.8 Å². The number of hydrogen-bond acceptors (Lipinski definition) is 5. The third kappa shape index (κ3) is 3.88. The lowest BCUT2D eigenvalue weighted by Crippen LogP contribution is -2.39. The van der Waals surface area contributed by atoms with Gasteiger partial charge in [0.25, 0.3) is 5.91 Å². The van der Waals surface area contributed by atoms with Crippen LogP contribution in [0.15, 0.2) is 29.5 Å². The summed E-state index contributed by atoms with van der Waals surface area (Å²) in [6.07, 6.45) is 5.69. The predicted octanol–water partition coefficient (Wildman–Crippen LogP) is 2.15. The number of hydrogen-bond donors (Lipinski definition) is 1. The molecule has 7 heteroatoms. The number of anilines is 1. The van der Waals surface area contributed by atoms with Crippen molar-refractivity contribution in [1.29, 1.82) is 0 Å². The van der Waals surface area contributed by atoms with Crippen molar-refractivity contribution in [3.63, 3.8) is 0 Å². The molecule has 1 N–H and O–H groups in total. The molecule has 0 aromatic carbocycles. The average Bonchev–Trinajstić information content (AvgIpc) is 2.92. The Balaban J connectivity index is 1.69. The number of ether oxygens (including phenoxy) is 2. The minimum Gasteiger partial charge on any atom is -0.481 e. The average molecular weight is 359 g/mol. The molecule has 0 spiro atoms. The number of nitrogens with one attached hydrogen (secondary N) is 1. The Hall–Kier alpha value is -2.41. The first-order chi connectivity index (χ1) is 12.6. The molecule has 0 radical (unpaired) electrons. The van der Waals surface area contributed by atoms with E-state index in [1.54, 1.807) is 25.4 Å². The summed E-state index contributed by atoms with van der Waals surface area (Å²) < 4.78 is 10.1. The SMILES string of the molecule is COCCN1C(=O)C(CC(=O)Nc2ccc(OC)nc2)=C2CCCCC21.